The van der Waals surface area contributed by atoms with E-state index in [-0.39, 0.29) is 5.92 Å². The van der Waals surface area contributed by atoms with Gasteiger partial charge in [-0.15, -0.1) is 0 Å². The molecule has 0 radical (unpaired) electrons. The van der Waals surface area contributed by atoms with E-state index in [1.807, 2.05) is 18.2 Å². The first-order valence-electron chi connectivity index (χ1n) is 5.39. The molecule has 16 heavy (non-hydrogen) atoms. The third-order valence-electron chi connectivity index (χ3n) is 3.05. The van der Waals surface area contributed by atoms with Crippen molar-refractivity contribution >= 4 is 0 Å². The molecule has 0 N–H and O–H groups in total. The Morgan fingerprint density at radius 1 is 1.31 bits per heavy atom. The molecule has 0 bridgehead atoms. The minimum atomic E-state index is 0.243. The average Bonchev–Trinajstić information content (AvgIpc) is 2.95. The summed E-state index contributed by atoms with van der Waals surface area (Å²) in [4.78, 5) is 0. The maximum atomic E-state index is 9.08. The number of hydrogen-bond acceptors (Lipinski definition) is 3. The number of nitrogens with zero attached hydrogens (tertiary/aromatic N) is 1. The Kier molecular flexibility index (Phi) is 2.07. The molecule has 1 saturated heterocycles. The van der Waals surface area contributed by atoms with Gasteiger partial charge in [0.1, 0.15) is 13.2 Å². The van der Waals surface area contributed by atoms with Crippen LogP contribution in [0.3, 0.4) is 0 Å². The number of ether oxygens (including phenoxy) is 2. The molecule has 1 unspecified atom stereocenters. The van der Waals surface area contributed by atoms with Crippen LogP contribution in [0.5, 0.6) is 0 Å². The van der Waals surface area contributed by atoms with Gasteiger partial charge in [-0.3, -0.25) is 0 Å². The highest BCUT2D eigenvalue weighted by Crippen LogP contribution is 2.41. The van der Waals surface area contributed by atoms with Crippen LogP contribution >= 0.6 is 0 Å². The van der Waals surface area contributed by atoms with Crippen molar-refractivity contribution in [1.29, 1.82) is 5.26 Å². The monoisotopic (exact) mass is 213 g/mol. The zero-order valence-corrected chi connectivity index (χ0v) is 8.77. The van der Waals surface area contributed by atoms with Crippen LogP contribution in [0.2, 0.25) is 0 Å². The van der Waals surface area contributed by atoms with Crippen molar-refractivity contribution in [3.63, 3.8) is 0 Å². The van der Waals surface area contributed by atoms with E-state index in [0.29, 0.717) is 19.2 Å². The van der Waals surface area contributed by atoms with Crippen LogP contribution in [-0.2, 0) is 9.47 Å². The number of allylic oxidation sites excluding steroid dienone is 7. The third kappa shape index (κ3) is 1.27. The average molecular weight is 213 g/mol. The van der Waals surface area contributed by atoms with Gasteiger partial charge in [-0.25, -0.2) is 0 Å². The van der Waals surface area contributed by atoms with Gasteiger partial charge in [0.2, 0.25) is 0 Å². The normalized spacial score (nSPS) is 26.6. The predicted octanol–water partition coefficient (Wildman–Crippen LogP) is 2.21. The predicted molar refractivity (Wildman–Crippen MR) is 58.0 cm³/mol. The first kappa shape index (κ1) is 9.29. The number of hydrogen-bond donors (Lipinski definition) is 0. The minimum Gasteiger partial charge on any atom is -0.462 e. The summed E-state index contributed by atoms with van der Waals surface area (Å²) in [5.41, 5.74) is 2.84. The maximum absolute atomic E-state index is 9.08. The molecule has 1 heterocycles. The van der Waals surface area contributed by atoms with E-state index in [1.54, 1.807) is 0 Å². The summed E-state index contributed by atoms with van der Waals surface area (Å²) >= 11 is 0. The molecule has 0 saturated carbocycles. The Labute approximate surface area is 94.0 Å². The summed E-state index contributed by atoms with van der Waals surface area (Å²) in [7, 11) is 0. The van der Waals surface area contributed by atoms with Crippen LogP contribution in [0, 0.1) is 17.2 Å². The Morgan fingerprint density at radius 2 is 2.12 bits per heavy atom. The van der Waals surface area contributed by atoms with Gasteiger partial charge in [0.25, 0.3) is 5.95 Å². The van der Waals surface area contributed by atoms with Crippen LogP contribution in [0.25, 0.3) is 0 Å². The van der Waals surface area contributed by atoms with Crippen LogP contribution in [0.1, 0.15) is 6.42 Å². The van der Waals surface area contributed by atoms with Crippen molar-refractivity contribution in [3.05, 3.63) is 47.0 Å². The van der Waals surface area contributed by atoms with Gasteiger partial charge in [0, 0.05) is 11.5 Å². The SMILES string of the molecule is N#CC1=CC(=C2OCCO2)C2CC=CC=C12. The molecule has 3 heteroatoms. The topological polar surface area (TPSA) is 42.2 Å². The Hall–Kier alpha value is -1.95. The van der Waals surface area contributed by atoms with Gasteiger partial charge in [-0.1, -0.05) is 18.2 Å². The quantitative estimate of drug-likeness (QED) is 0.619. The maximum Gasteiger partial charge on any atom is 0.283 e. The molecule has 1 atom stereocenters. The lowest BCUT2D eigenvalue weighted by atomic mass is 9.89. The zero-order chi connectivity index (χ0) is 11.0. The molecular weight excluding hydrogens is 202 g/mol. The highest BCUT2D eigenvalue weighted by molar-refractivity contribution is 5.59. The van der Waals surface area contributed by atoms with Gasteiger partial charge in [-0.05, 0) is 18.1 Å². The van der Waals surface area contributed by atoms with Crippen LogP contribution in [0.4, 0.5) is 0 Å². The van der Waals surface area contributed by atoms with Crippen LogP contribution in [0.15, 0.2) is 47.0 Å². The Bertz CT molecular complexity index is 481. The molecule has 1 aliphatic heterocycles. The summed E-state index contributed by atoms with van der Waals surface area (Å²) < 4.78 is 10.9. The fourth-order valence-corrected chi connectivity index (χ4v) is 2.32. The number of nitriles is 1. The Morgan fingerprint density at radius 3 is 2.88 bits per heavy atom. The van der Waals surface area contributed by atoms with Crippen molar-refractivity contribution in [2.45, 2.75) is 6.42 Å². The van der Waals surface area contributed by atoms with E-state index < -0.39 is 0 Å². The van der Waals surface area contributed by atoms with Crippen LogP contribution in [-0.4, -0.2) is 13.2 Å². The van der Waals surface area contributed by atoms with Gasteiger partial charge < -0.3 is 9.47 Å². The van der Waals surface area contributed by atoms with Gasteiger partial charge in [0.15, 0.2) is 0 Å². The molecule has 1 fully saturated rings. The van der Waals surface area contributed by atoms with Crippen molar-refractivity contribution in [2.24, 2.45) is 5.92 Å². The summed E-state index contributed by atoms with van der Waals surface area (Å²) in [5, 5.41) is 9.08. The van der Waals surface area contributed by atoms with E-state index in [2.05, 4.69) is 12.1 Å². The van der Waals surface area contributed by atoms with Crippen LogP contribution < -0.4 is 0 Å². The molecule has 0 aromatic rings. The van der Waals surface area contributed by atoms with E-state index in [4.69, 9.17) is 14.7 Å². The fraction of sp³-hybridized carbons (Fsp3) is 0.308. The second kappa shape index (κ2) is 3.57. The largest absolute Gasteiger partial charge is 0.462 e. The molecule has 3 aliphatic rings. The van der Waals surface area contributed by atoms with E-state index in [9.17, 15) is 0 Å². The van der Waals surface area contributed by atoms with Crippen molar-refractivity contribution in [1.82, 2.24) is 0 Å². The highest BCUT2D eigenvalue weighted by Gasteiger charge is 2.32. The fourth-order valence-electron chi connectivity index (χ4n) is 2.32. The van der Waals surface area contributed by atoms with E-state index in [0.717, 1.165) is 23.1 Å². The highest BCUT2D eigenvalue weighted by atomic mass is 16.7. The third-order valence-corrected chi connectivity index (χ3v) is 3.05. The lowest BCUT2D eigenvalue weighted by Gasteiger charge is -2.16. The molecule has 2 aliphatic carbocycles. The molecule has 0 spiro atoms. The van der Waals surface area contributed by atoms with E-state index in [1.165, 1.54) is 0 Å². The number of fused-ring (bicyclic) bond motifs is 1. The van der Waals surface area contributed by atoms with Gasteiger partial charge >= 0.3 is 0 Å². The smallest absolute Gasteiger partial charge is 0.283 e. The summed E-state index contributed by atoms with van der Waals surface area (Å²) in [6.45, 7) is 1.21. The second-order valence-electron chi connectivity index (χ2n) is 3.95. The molecule has 3 nitrogen and oxygen atoms in total. The van der Waals surface area contributed by atoms with Crippen molar-refractivity contribution < 1.29 is 9.47 Å². The van der Waals surface area contributed by atoms with Crippen molar-refractivity contribution in [3.8, 4) is 6.07 Å². The molecule has 0 aromatic carbocycles. The Balaban J connectivity index is 2.07. The van der Waals surface area contributed by atoms with Gasteiger partial charge in [0.05, 0.1) is 11.6 Å². The number of rotatable bonds is 0. The lowest BCUT2D eigenvalue weighted by molar-refractivity contribution is 0.169. The first-order chi connectivity index (χ1) is 7.90. The summed E-state index contributed by atoms with van der Waals surface area (Å²) in [6, 6.07) is 2.23. The lowest BCUT2D eigenvalue weighted by Crippen LogP contribution is -2.05. The second-order valence-corrected chi connectivity index (χ2v) is 3.95. The minimum absolute atomic E-state index is 0.243. The van der Waals surface area contributed by atoms with Crippen molar-refractivity contribution in [2.75, 3.05) is 13.2 Å². The molecule has 0 amide bonds. The van der Waals surface area contributed by atoms with Gasteiger partial charge in [-0.2, -0.15) is 5.26 Å². The molecule has 3 rings (SSSR count). The first-order valence-corrected chi connectivity index (χ1v) is 5.39. The molecule has 80 valence electrons. The zero-order valence-electron chi connectivity index (χ0n) is 8.77. The molecular formula is C13H11NO2. The van der Waals surface area contributed by atoms with E-state index >= 15 is 0 Å². The summed E-state index contributed by atoms with van der Waals surface area (Å²) in [6.07, 6.45) is 8.92. The standard InChI is InChI=1S/C13H11NO2/c14-8-9-7-12(13-15-5-6-16-13)11-4-2-1-3-10(9)11/h1-3,7,11H,4-6H2. The summed E-state index contributed by atoms with van der Waals surface area (Å²) in [5.74, 6) is 0.851. The molecule has 0 aromatic heterocycles.